The number of benzene rings is 5. The van der Waals surface area contributed by atoms with Crippen molar-refractivity contribution in [1.29, 1.82) is 0 Å². The number of sulfonamides is 1. The summed E-state index contributed by atoms with van der Waals surface area (Å²) in [5.74, 6) is -0.746. The molecule has 48 heavy (non-hydrogen) atoms. The van der Waals surface area contributed by atoms with E-state index in [1.807, 2.05) is 38.1 Å². The highest BCUT2D eigenvalue weighted by atomic mass is 32.2. The molecule has 0 aliphatic rings. The molecule has 5 aromatic rings. The Morgan fingerprint density at radius 2 is 1.31 bits per heavy atom. The molecule has 12 heteroatoms. The number of hydrogen-bond donors (Lipinski definition) is 2. The Bertz CT molecular complexity index is 2210. The van der Waals surface area contributed by atoms with Gasteiger partial charge in [0.25, 0.3) is 5.91 Å². The Balaban J connectivity index is 1.41. The molecule has 5 rings (SSSR count). The Hall–Kier alpha value is -5.04. The summed E-state index contributed by atoms with van der Waals surface area (Å²) in [7, 11) is -6.02. The van der Waals surface area contributed by atoms with Crippen molar-refractivity contribution in [3.8, 4) is 22.6 Å². The fourth-order valence-electron chi connectivity index (χ4n) is 4.81. The van der Waals surface area contributed by atoms with Gasteiger partial charge in [0.2, 0.25) is 10.0 Å². The standard InChI is InChI=1S/C36H34N2O8S2/c1-23(2)22-37-48(43,44)29-15-13-25(14-16-29)24-9-11-26(12-10-24)35(39)38-32-21-30(47(4,41)42)17-18-33(32)46-34-20-28-8-6-5-7-27(28)19-31(34)36(40)45-3/h5-21,23,37H,22H2,1-4H3,(H,38,39). The van der Waals surface area contributed by atoms with Gasteiger partial charge in [0.15, 0.2) is 15.6 Å². The number of ether oxygens (including phenoxy) is 2. The molecule has 0 aromatic heterocycles. The molecule has 0 fully saturated rings. The molecule has 2 N–H and O–H groups in total. The van der Waals surface area contributed by atoms with Crippen LogP contribution in [-0.4, -0.2) is 48.6 Å². The first-order valence-corrected chi connectivity index (χ1v) is 18.3. The highest BCUT2D eigenvalue weighted by Crippen LogP contribution is 2.36. The quantitative estimate of drug-likeness (QED) is 0.147. The average molecular weight is 687 g/mol. The zero-order valence-corrected chi connectivity index (χ0v) is 28.3. The minimum atomic E-state index is -3.65. The lowest BCUT2D eigenvalue weighted by Crippen LogP contribution is -2.27. The van der Waals surface area contributed by atoms with E-state index in [1.54, 1.807) is 48.5 Å². The molecule has 0 atom stereocenters. The van der Waals surface area contributed by atoms with E-state index in [1.165, 1.54) is 37.4 Å². The topological polar surface area (TPSA) is 145 Å². The maximum Gasteiger partial charge on any atom is 0.341 e. The SMILES string of the molecule is COC(=O)c1cc2ccccc2cc1Oc1ccc(S(C)(=O)=O)cc1NC(=O)c1ccc(-c2ccc(S(=O)(=O)NCC(C)C)cc2)cc1. The van der Waals surface area contributed by atoms with Crippen LogP contribution in [0, 0.1) is 5.92 Å². The number of amides is 1. The predicted octanol–water partition coefficient (Wildman–Crippen LogP) is 6.68. The number of fused-ring (bicyclic) bond motifs is 1. The van der Waals surface area contributed by atoms with Gasteiger partial charge in [-0.2, -0.15) is 0 Å². The summed E-state index contributed by atoms with van der Waals surface area (Å²) in [4.78, 5) is 26.2. The van der Waals surface area contributed by atoms with E-state index in [2.05, 4.69) is 10.0 Å². The molecular formula is C36H34N2O8S2. The maximum atomic E-state index is 13.4. The molecule has 0 radical (unpaired) electrons. The van der Waals surface area contributed by atoms with Crippen molar-refractivity contribution >= 4 is 48.2 Å². The molecule has 0 saturated carbocycles. The minimum absolute atomic E-state index is 0.0444. The molecule has 0 saturated heterocycles. The van der Waals surface area contributed by atoms with Crippen molar-refractivity contribution in [1.82, 2.24) is 4.72 Å². The number of nitrogens with one attached hydrogen (secondary N) is 2. The molecule has 1 amide bonds. The van der Waals surface area contributed by atoms with Gasteiger partial charge in [0.1, 0.15) is 11.3 Å². The Kier molecular flexibility index (Phi) is 9.99. The minimum Gasteiger partial charge on any atom is -0.465 e. The summed E-state index contributed by atoms with van der Waals surface area (Å²) in [5, 5.41) is 4.32. The number of anilines is 1. The molecule has 0 bridgehead atoms. The number of rotatable bonds is 11. The van der Waals surface area contributed by atoms with Crippen LogP contribution in [0.15, 0.2) is 113 Å². The van der Waals surface area contributed by atoms with Crippen molar-refractivity contribution in [2.45, 2.75) is 23.6 Å². The van der Waals surface area contributed by atoms with Gasteiger partial charge in [0.05, 0.1) is 22.6 Å². The molecular weight excluding hydrogens is 653 g/mol. The fraction of sp³-hybridized carbons (Fsp3) is 0.167. The first-order valence-electron chi connectivity index (χ1n) is 14.9. The van der Waals surface area contributed by atoms with Gasteiger partial charge < -0.3 is 14.8 Å². The first kappa shape index (κ1) is 34.3. The smallest absolute Gasteiger partial charge is 0.341 e. The lowest BCUT2D eigenvalue weighted by molar-refractivity contribution is 0.0598. The molecule has 0 unspecified atom stereocenters. The first-order chi connectivity index (χ1) is 22.7. The van der Waals surface area contributed by atoms with Crippen LogP contribution in [0.3, 0.4) is 0 Å². The van der Waals surface area contributed by atoms with Crippen LogP contribution in [0.5, 0.6) is 11.5 Å². The summed E-state index contributed by atoms with van der Waals surface area (Å²) >= 11 is 0. The second-order valence-corrected chi connectivity index (χ2v) is 15.3. The third-order valence-electron chi connectivity index (χ3n) is 7.43. The van der Waals surface area contributed by atoms with Crippen LogP contribution >= 0.6 is 0 Å². The second-order valence-electron chi connectivity index (χ2n) is 11.5. The van der Waals surface area contributed by atoms with Gasteiger partial charge in [-0.15, -0.1) is 0 Å². The third-order valence-corrected chi connectivity index (χ3v) is 9.98. The zero-order chi connectivity index (χ0) is 34.6. The van der Waals surface area contributed by atoms with Crippen molar-refractivity contribution in [2.75, 3.05) is 25.2 Å². The average Bonchev–Trinajstić information content (AvgIpc) is 3.07. The summed E-state index contributed by atoms with van der Waals surface area (Å²) < 4.78 is 63.6. The van der Waals surface area contributed by atoms with Crippen LogP contribution in [-0.2, 0) is 24.6 Å². The molecule has 5 aromatic carbocycles. The largest absolute Gasteiger partial charge is 0.465 e. The van der Waals surface area contributed by atoms with Crippen molar-refractivity contribution in [2.24, 2.45) is 5.92 Å². The monoisotopic (exact) mass is 686 g/mol. The lowest BCUT2D eigenvalue weighted by Gasteiger charge is -2.16. The fourth-order valence-corrected chi connectivity index (χ4v) is 6.67. The Morgan fingerprint density at radius 3 is 1.90 bits per heavy atom. The van der Waals surface area contributed by atoms with Gasteiger partial charge >= 0.3 is 5.97 Å². The summed E-state index contributed by atoms with van der Waals surface area (Å²) in [5.41, 5.74) is 1.98. The van der Waals surface area contributed by atoms with Crippen molar-refractivity contribution < 1.29 is 35.9 Å². The van der Waals surface area contributed by atoms with E-state index < -0.39 is 31.7 Å². The normalized spacial score (nSPS) is 11.8. The van der Waals surface area contributed by atoms with Crippen LogP contribution in [0.25, 0.3) is 21.9 Å². The van der Waals surface area contributed by atoms with Crippen LogP contribution in [0.1, 0.15) is 34.6 Å². The van der Waals surface area contributed by atoms with Crippen molar-refractivity contribution in [3.63, 3.8) is 0 Å². The van der Waals surface area contributed by atoms with E-state index in [0.717, 1.165) is 28.2 Å². The van der Waals surface area contributed by atoms with E-state index in [4.69, 9.17) is 9.47 Å². The molecule has 248 valence electrons. The van der Waals surface area contributed by atoms with E-state index in [-0.39, 0.29) is 44.0 Å². The van der Waals surface area contributed by atoms with Gasteiger partial charge in [-0.3, -0.25) is 4.79 Å². The summed E-state index contributed by atoms with van der Waals surface area (Å²) in [6.07, 6.45) is 1.05. The summed E-state index contributed by atoms with van der Waals surface area (Å²) in [6, 6.07) is 27.8. The maximum absolute atomic E-state index is 13.4. The highest BCUT2D eigenvalue weighted by Gasteiger charge is 2.20. The number of esters is 1. The van der Waals surface area contributed by atoms with E-state index in [9.17, 15) is 26.4 Å². The van der Waals surface area contributed by atoms with Crippen LogP contribution < -0.4 is 14.8 Å². The van der Waals surface area contributed by atoms with Gasteiger partial charge in [0, 0.05) is 18.4 Å². The second kappa shape index (κ2) is 14.0. The number of carbonyl (C=O) groups excluding carboxylic acids is 2. The number of methoxy groups -OCH3 is 1. The van der Waals surface area contributed by atoms with E-state index >= 15 is 0 Å². The summed E-state index contributed by atoms with van der Waals surface area (Å²) in [6.45, 7) is 4.17. The Morgan fingerprint density at radius 1 is 0.729 bits per heavy atom. The third kappa shape index (κ3) is 7.91. The van der Waals surface area contributed by atoms with Gasteiger partial charge in [-0.25, -0.2) is 26.4 Å². The van der Waals surface area contributed by atoms with Crippen LogP contribution in [0.2, 0.25) is 0 Å². The molecule has 10 nitrogen and oxygen atoms in total. The van der Waals surface area contributed by atoms with Gasteiger partial charge in [-0.05, 0) is 82.4 Å². The lowest BCUT2D eigenvalue weighted by atomic mass is 10.0. The highest BCUT2D eigenvalue weighted by molar-refractivity contribution is 7.90. The molecule has 0 aliphatic heterocycles. The molecule has 0 heterocycles. The van der Waals surface area contributed by atoms with Gasteiger partial charge in [-0.1, -0.05) is 62.4 Å². The van der Waals surface area contributed by atoms with E-state index in [0.29, 0.717) is 6.54 Å². The van der Waals surface area contributed by atoms with Crippen molar-refractivity contribution in [3.05, 3.63) is 114 Å². The number of hydrogen-bond acceptors (Lipinski definition) is 8. The Labute approximate surface area is 279 Å². The molecule has 0 spiro atoms. The van der Waals surface area contributed by atoms with Crippen LogP contribution in [0.4, 0.5) is 5.69 Å². The predicted molar refractivity (Wildman–Crippen MR) is 185 cm³/mol. The zero-order valence-electron chi connectivity index (χ0n) is 26.7. The molecule has 0 aliphatic carbocycles. The number of sulfone groups is 1. The number of carbonyl (C=O) groups is 2.